The Morgan fingerprint density at radius 2 is 1.95 bits per heavy atom. The second kappa shape index (κ2) is 5.96. The number of benzene rings is 1. The molecule has 110 valence electrons. The SMILES string of the molecule is Cc1ccc(C(C)(C)CNC(=O)C2CCCC2O)cc1. The van der Waals surface area contributed by atoms with Crippen molar-refractivity contribution in [3.63, 3.8) is 0 Å². The highest BCUT2D eigenvalue weighted by Gasteiger charge is 2.32. The van der Waals surface area contributed by atoms with Crippen LogP contribution in [0.2, 0.25) is 0 Å². The predicted octanol–water partition coefficient (Wildman–Crippen LogP) is 2.55. The fraction of sp³-hybridized carbons (Fsp3) is 0.588. The monoisotopic (exact) mass is 275 g/mol. The third-order valence-corrected chi connectivity index (χ3v) is 4.35. The van der Waals surface area contributed by atoms with Gasteiger partial charge in [0.15, 0.2) is 0 Å². The van der Waals surface area contributed by atoms with Crippen LogP contribution in [0.3, 0.4) is 0 Å². The maximum Gasteiger partial charge on any atom is 0.225 e. The van der Waals surface area contributed by atoms with Crippen LogP contribution < -0.4 is 5.32 Å². The van der Waals surface area contributed by atoms with Crippen LogP contribution in [-0.2, 0) is 10.2 Å². The minimum absolute atomic E-state index is 0.00446. The van der Waals surface area contributed by atoms with Crippen LogP contribution in [0.5, 0.6) is 0 Å². The molecule has 2 N–H and O–H groups in total. The lowest BCUT2D eigenvalue weighted by Gasteiger charge is -2.27. The van der Waals surface area contributed by atoms with Crippen molar-refractivity contribution in [1.82, 2.24) is 5.32 Å². The van der Waals surface area contributed by atoms with E-state index in [0.29, 0.717) is 6.54 Å². The molecule has 3 nitrogen and oxygen atoms in total. The van der Waals surface area contributed by atoms with E-state index in [1.54, 1.807) is 0 Å². The van der Waals surface area contributed by atoms with Crippen LogP contribution >= 0.6 is 0 Å². The van der Waals surface area contributed by atoms with Crippen molar-refractivity contribution in [2.45, 2.75) is 51.6 Å². The zero-order valence-corrected chi connectivity index (χ0v) is 12.6. The lowest BCUT2D eigenvalue weighted by Crippen LogP contribution is -2.41. The molecule has 1 saturated carbocycles. The number of aliphatic hydroxyl groups is 1. The molecule has 1 aliphatic carbocycles. The molecule has 0 aromatic heterocycles. The maximum absolute atomic E-state index is 12.1. The first-order chi connectivity index (χ1) is 9.40. The van der Waals surface area contributed by atoms with Crippen molar-refractivity contribution >= 4 is 5.91 Å². The van der Waals surface area contributed by atoms with Crippen LogP contribution in [0, 0.1) is 12.8 Å². The minimum atomic E-state index is -0.461. The number of amides is 1. The second-order valence-corrected chi connectivity index (χ2v) is 6.57. The summed E-state index contributed by atoms with van der Waals surface area (Å²) in [5.41, 5.74) is 2.35. The summed E-state index contributed by atoms with van der Waals surface area (Å²) in [4.78, 5) is 12.1. The van der Waals surface area contributed by atoms with Crippen molar-refractivity contribution in [3.8, 4) is 0 Å². The normalized spacial score (nSPS) is 22.8. The van der Waals surface area contributed by atoms with Gasteiger partial charge >= 0.3 is 0 Å². The molecule has 2 rings (SSSR count). The fourth-order valence-corrected chi connectivity index (χ4v) is 2.79. The molecule has 2 atom stereocenters. The van der Waals surface area contributed by atoms with Gasteiger partial charge in [0.25, 0.3) is 0 Å². The van der Waals surface area contributed by atoms with Gasteiger partial charge in [-0.1, -0.05) is 43.7 Å². The average molecular weight is 275 g/mol. The molecular formula is C17H25NO2. The van der Waals surface area contributed by atoms with Crippen LogP contribution in [0.15, 0.2) is 24.3 Å². The summed E-state index contributed by atoms with van der Waals surface area (Å²) in [5.74, 6) is -0.223. The fourth-order valence-electron chi connectivity index (χ4n) is 2.79. The van der Waals surface area contributed by atoms with E-state index in [4.69, 9.17) is 0 Å². The second-order valence-electron chi connectivity index (χ2n) is 6.57. The number of aliphatic hydroxyl groups excluding tert-OH is 1. The average Bonchev–Trinajstić information content (AvgIpc) is 2.83. The van der Waals surface area contributed by atoms with Crippen molar-refractivity contribution in [2.24, 2.45) is 5.92 Å². The smallest absolute Gasteiger partial charge is 0.225 e. The van der Waals surface area contributed by atoms with Gasteiger partial charge in [-0.05, 0) is 31.7 Å². The highest BCUT2D eigenvalue weighted by molar-refractivity contribution is 5.79. The quantitative estimate of drug-likeness (QED) is 0.887. The van der Waals surface area contributed by atoms with Crippen LogP contribution in [0.25, 0.3) is 0 Å². The third kappa shape index (κ3) is 3.40. The summed E-state index contributed by atoms with van der Waals surface area (Å²) in [5, 5.41) is 12.8. The van der Waals surface area contributed by atoms with E-state index in [0.717, 1.165) is 19.3 Å². The molecule has 1 aromatic rings. The molecule has 1 aromatic carbocycles. The van der Waals surface area contributed by atoms with Crippen molar-refractivity contribution in [3.05, 3.63) is 35.4 Å². The number of aryl methyl sites for hydroxylation is 1. The Morgan fingerprint density at radius 1 is 1.30 bits per heavy atom. The van der Waals surface area contributed by atoms with Gasteiger partial charge in [-0.2, -0.15) is 0 Å². The minimum Gasteiger partial charge on any atom is -0.392 e. The summed E-state index contributed by atoms with van der Waals surface area (Å²) in [7, 11) is 0. The molecule has 2 unspecified atom stereocenters. The van der Waals surface area contributed by atoms with Crippen LogP contribution in [0.4, 0.5) is 0 Å². The summed E-state index contributed by atoms with van der Waals surface area (Å²) >= 11 is 0. The van der Waals surface area contributed by atoms with Crippen LogP contribution in [-0.4, -0.2) is 23.7 Å². The number of hydrogen-bond donors (Lipinski definition) is 2. The Balaban J connectivity index is 1.95. The van der Waals surface area contributed by atoms with Crippen LogP contribution in [0.1, 0.15) is 44.2 Å². The molecule has 1 fully saturated rings. The molecule has 1 aliphatic rings. The van der Waals surface area contributed by atoms with E-state index in [1.165, 1.54) is 11.1 Å². The number of nitrogens with one attached hydrogen (secondary N) is 1. The molecular weight excluding hydrogens is 250 g/mol. The van der Waals surface area contributed by atoms with E-state index >= 15 is 0 Å². The lowest BCUT2D eigenvalue weighted by atomic mass is 9.84. The Bertz CT molecular complexity index is 464. The Labute approximate surface area is 121 Å². The van der Waals surface area contributed by atoms with E-state index in [9.17, 15) is 9.90 Å². The van der Waals surface area contributed by atoms with Gasteiger partial charge in [-0.25, -0.2) is 0 Å². The lowest BCUT2D eigenvalue weighted by molar-refractivity contribution is -0.127. The molecule has 0 radical (unpaired) electrons. The molecule has 3 heteroatoms. The van der Waals surface area contributed by atoms with Gasteiger partial charge in [0.05, 0.1) is 12.0 Å². The van der Waals surface area contributed by atoms with E-state index in [2.05, 4.69) is 50.4 Å². The molecule has 0 aliphatic heterocycles. The highest BCUT2D eigenvalue weighted by Crippen LogP contribution is 2.27. The molecule has 20 heavy (non-hydrogen) atoms. The van der Waals surface area contributed by atoms with Gasteiger partial charge in [0, 0.05) is 12.0 Å². The first-order valence-corrected chi connectivity index (χ1v) is 7.43. The Hall–Kier alpha value is -1.35. The standard InChI is InChI=1S/C17H25NO2/c1-12-7-9-13(10-8-12)17(2,3)11-18-16(20)14-5-4-6-15(14)19/h7-10,14-15,19H,4-6,11H2,1-3H3,(H,18,20). The van der Waals surface area contributed by atoms with Gasteiger partial charge in [-0.15, -0.1) is 0 Å². The number of rotatable bonds is 4. The number of carbonyl (C=O) groups excluding carboxylic acids is 1. The highest BCUT2D eigenvalue weighted by atomic mass is 16.3. The van der Waals surface area contributed by atoms with Crippen molar-refractivity contribution < 1.29 is 9.90 Å². The van der Waals surface area contributed by atoms with Crippen molar-refractivity contribution in [2.75, 3.05) is 6.54 Å². The zero-order valence-electron chi connectivity index (χ0n) is 12.6. The summed E-state index contributed by atoms with van der Waals surface area (Å²) in [6.45, 7) is 6.92. The Morgan fingerprint density at radius 3 is 2.50 bits per heavy atom. The van der Waals surface area contributed by atoms with Gasteiger partial charge in [0.1, 0.15) is 0 Å². The molecule has 0 saturated heterocycles. The van der Waals surface area contributed by atoms with E-state index in [-0.39, 0.29) is 17.2 Å². The third-order valence-electron chi connectivity index (χ3n) is 4.35. The molecule has 0 heterocycles. The predicted molar refractivity (Wildman–Crippen MR) is 80.6 cm³/mol. The Kier molecular flexibility index (Phi) is 4.48. The number of hydrogen-bond acceptors (Lipinski definition) is 2. The largest absolute Gasteiger partial charge is 0.392 e. The van der Waals surface area contributed by atoms with E-state index in [1.807, 2.05) is 0 Å². The van der Waals surface area contributed by atoms with Crippen molar-refractivity contribution in [1.29, 1.82) is 0 Å². The molecule has 1 amide bonds. The zero-order chi connectivity index (χ0) is 14.8. The molecule has 0 spiro atoms. The molecule has 0 bridgehead atoms. The number of carbonyl (C=O) groups is 1. The van der Waals surface area contributed by atoms with E-state index < -0.39 is 6.10 Å². The van der Waals surface area contributed by atoms with Gasteiger partial charge in [0.2, 0.25) is 5.91 Å². The van der Waals surface area contributed by atoms with Gasteiger partial charge in [-0.3, -0.25) is 4.79 Å². The first-order valence-electron chi connectivity index (χ1n) is 7.43. The topological polar surface area (TPSA) is 49.3 Å². The van der Waals surface area contributed by atoms with Gasteiger partial charge < -0.3 is 10.4 Å². The maximum atomic E-state index is 12.1. The first kappa shape index (κ1) is 15.0. The summed E-state index contributed by atoms with van der Waals surface area (Å²) in [6.07, 6.45) is 2.04. The summed E-state index contributed by atoms with van der Waals surface area (Å²) in [6, 6.07) is 8.43. The summed E-state index contributed by atoms with van der Waals surface area (Å²) < 4.78 is 0.